The number of nitrogens with one attached hydrogen (secondary N) is 1. The fourth-order valence-electron chi connectivity index (χ4n) is 3.30. The summed E-state index contributed by atoms with van der Waals surface area (Å²) in [5, 5.41) is 3.14. The second-order valence-electron chi connectivity index (χ2n) is 6.66. The van der Waals surface area contributed by atoms with Crippen molar-refractivity contribution in [3.63, 3.8) is 0 Å². The summed E-state index contributed by atoms with van der Waals surface area (Å²) < 4.78 is 0. The molecule has 0 bridgehead atoms. The van der Waals surface area contributed by atoms with E-state index >= 15 is 0 Å². The Labute approximate surface area is 140 Å². The van der Waals surface area contributed by atoms with Crippen molar-refractivity contribution in [2.24, 2.45) is 0 Å². The molecule has 0 unspecified atom stereocenters. The number of amides is 2. The van der Waals surface area contributed by atoms with Crippen LogP contribution in [-0.4, -0.2) is 49.1 Å². The summed E-state index contributed by atoms with van der Waals surface area (Å²) >= 11 is 0. The van der Waals surface area contributed by atoms with E-state index in [0.29, 0.717) is 6.04 Å². The van der Waals surface area contributed by atoms with Gasteiger partial charge in [-0.05, 0) is 31.9 Å². The van der Waals surface area contributed by atoms with E-state index in [1.165, 1.54) is 31.2 Å². The molecule has 2 rings (SSSR count). The molecule has 4 nitrogen and oxygen atoms in total. The van der Waals surface area contributed by atoms with Gasteiger partial charge in [0.05, 0.1) is 6.04 Å². The summed E-state index contributed by atoms with van der Waals surface area (Å²) in [5.41, 5.74) is 1.17. The fourth-order valence-corrected chi connectivity index (χ4v) is 3.30. The van der Waals surface area contributed by atoms with Crippen molar-refractivity contribution in [2.75, 3.05) is 27.2 Å². The van der Waals surface area contributed by atoms with Crippen LogP contribution in [0.3, 0.4) is 0 Å². The van der Waals surface area contributed by atoms with Crippen molar-refractivity contribution in [2.45, 2.75) is 51.1 Å². The average Bonchev–Trinajstić information content (AvgIpc) is 3.12. The minimum absolute atomic E-state index is 0.0144. The van der Waals surface area contributed by atoms with E-state index in [4.69, 9.17) is 0 Å². The highest BCUT2D eigenvalue weighted by Gasteiger charge is 2.20. The Bertz CT molecular complexity index is 471. The van der Waals surface area contributed by atoms with Crippen LogP contribution in [0, 0.1) is 0 Å². The predicted molar refractivity (Wildman–Crippen MR) is 95.5 cm³/mol. The molecule has 128 valence electrons. The Morgan fingerprint density at radius 3 is 2.43 bits per heavy atom. The zero-order chi connectivity index (χ0) is 16.7. The lowest BCUT2D eigenvalue weighted by molar-refractivity contribution is 0.185. The van der Waals surface area contributed by atoms with Gasteiger partial charge in [0.15, 0.2) is 0 Å². The summed E-state index contributed by atoms with van der Waals surface area (Å²) in [6.45, 7) is 3.81. The lowest BCUT2D eigenvalue weighted by atomic mass is 10.1. The van der Waals surface area contributed by atoms with Gasteiger partial charge in [0.25, 0.3) is 0 Å². The smallest absolute Gasteiger partial charge is 0.317 e. The highest BCUT2D eigenvalue weighted by Crippen LogP contribution is 2.22. The molecule has 4 heteroatoms. The van der Waals surface area contributed by atoms with E-state index in [0.717, 1.165) is 19.5 Å². The van der Waals surface area contributed by atoms with E-state index < -0.39 is 0 Å². The molecule has 1 N–H and O–H groups in total. The number of likely N-dealkylation sites (N-methyl/N-ethyl adjacent to an activating group) is 2. The zero-order valence-electron chi connectivity index (χ0n) is 14.8. The van der Waals surface area contributed by atoms with Crippen LogP contribution in [0.15, 0.2) is 30.3 Å². The molecule has 1 aliphatic rings. The van der Waals surface area contributed by atoms with Gasteiger partial charge in [-0.1, -0.05) is 50.1 Å². The standard InChI is InChI=1S/C19H31N3O/c1-4-18(16-10-6-5-7-11-16)20-19(23)22(3)15-14-21(2)17-12-8-9-13-17/h5-7,10-11,17-18H,4,8-9,12-15H2,1-3H3,(H,20,23)/t18-/m1/s1. The average molecular weight is 317 g/mol. The molecular weight excluding hydrogens is 286 g/mol. The van der Waals surface area contributed by atoms with Crippen LogP contribution in [0.5, 0.6) is 0 Å². The molecule has 1 atom stereocenters. The van der Waals surface area contributed by atoms with Crippen LogP contribution in [0.4, 0.5) is 4.79 Å². The Balaban J connectivity index is 1.79. The summed E-state index contributed by atoms with van der Waals surface area (Å²) in [5.74, 6) is 0. The number of hydrogen-bond donors (Lipinski definition) is 1. The molecule has 1 aromatic rings. The van der Waals surface area contributed by atoms with Crippen molar-refractivity contribution in [3.8, 4) is 0 Å². The lowest BCUT2D eigenvalue weighted by Crippen LogP contribution is -2.43. The number of urea groups is 1. The summed E-state index contributed by atoms with van der Waals surface area (Å²) in [6.07, 6.45) is 6.20. The molecule has 1 aromatic carbocycles. The number of benzene rings is 1. The number of rotatable bonds is 7. The first-order chi connectivity index (χ1) is 11.1. The van der Waals surface area contributed by atoms with Gasteiger partial charge in [0.2, 0.25) is 0 Å². The minimum atomic E-state index is 0.0144. The third-order valence-corrected chi connectivity index (χ3v) is 4.99. The van der Waals surface area contributed by atoms with E-state index in [-0.39, 0.29) is 12.1 Å². The maximum Gasteiger partial charge on any atom is 0.317 e. The van der Waals surface area contributed by atoms with Crippen LogP contribution in [0.2, 0.25) is 0 Å². The monoisotopic (exact) mass is 317 g/mol. The zero-order valence-corrected chi connectivity index (χ0v) is 14.8. The number of nitrogens with zero attached hydrogens (tertiary/aromatic N) is 2. The summed E-state index contributed by atoms with van der Waals surface area (Å²) in [6, 6.07) is 11.0. The minimum Gasteiger partial charge on any atom is -0.331 e. The van der Waals surface area contributed by atoms with Gasteiger partial charge in [-0.25, -0.2) is 4.79 Å². The molecule has 0 aliphatic heterocycles. The molecule has 0 heterocycles. The van der Waals surface area contributed by atoms with Crippen molar-refractivity contribution >= 4 is 6.03 Å². The Kier molecular flexibility index (Phi) is 6.90. The van der Waals surface area contributed by atoms with Gasteiger partial charge >= 0.3 is 6.03 Å². The number of carbonyl (C=O) groups is 1. The summed E-state index contributed by atoms with van der Waals surface area (Å²) in [4.78, 5) is 16.6. The SMILES string of the molecule is CC[C@@H](NC(=O)N(C)CCN(C)C1CCCC1)c1ccccc1. The first-order valence-corrected chi connectivity index (χ1v) is 8.88. The molecule has 0 spiro atoms. The third-order valence-electron chi connectivity index (χ3n) is 4.99. The van der Waals surface area contributed by atoms with Gasteiger partial charge in [0, 0.05) is 26.2 Å². The van der Waals surface area contributed by atoms with Gasteiger partial charge in [0.1, 0.15) is 0 Å². The van der Waals surface area contributed by atoms with Crippen molar-refractivity contribution in [1.29, 1.82) is 0 Å². The van der Waals surface area contributed by atoms with Crippen LogP contribution in [-0.2, 0) is 0 Å². The second kappa shape index (κ2) is 8.92. The normalized spacial score (nSPS) is 16.5. The Hall–Kier alpha value is -1.55. The molecule has 0 saturated heterocycles. The topological polar surface area (TPSA) is 35.6 Å². The molecule has 0 aromatic heterocycles. The lowest BCUT2D eigenvalue weighted by Gasteiger charge is -2.28. The second-order valence-corrected chi connectivity index (χ2v) is 6.66. The van der Waals surface area contributed by atoms with E-state index in [9.17, 15) is 4.79 Å². The summed E-state index contributed by atoms with van der Waals surface area (Å²) in [7, 11) is 4.07. The third kappa shape index (κ3) is 5.24. The Morgan fingerprint density at radius 1 is 1.17 bits per heavy atom. The van der Waals surface area contributed by atoms with Gasteiger partial charge < -0.3 is 15.1 Å². The van der Waals surface area contributed by atoms with Gasteiger partial charge in [-0.3, -0.25) is 0 Å². The first-order valence-electron chi connectivity index (χ1n) is 8.88. The van der Waals surface area contributed by atoms with Crippen molar-refractivity contribution in [3.05, 3.63) is 35.9 Å². The van der Waals surface area contributed by atoms with Crippen LogP contribution < -0.4 is 5.32 Å². The van der Waals surface area contributed by atoms with Gasteiger partial charge in [-0.15, -0.1) is 0 Å². The molecule has 1 aliphatic carbocycles. The predicted octanol–water partition coefficient (Wildman–Crippen LogP) is 3.65. The van der Waals surface area contributed by atoms with Gasteiger partial charge in [-0.2, -0.15) is 0 Å². The molecule has 0 radical (unpaired) electrons. The Morgan fingerprint density at radius 2 is 1.83 bits per heavy atom. The quantitative estimate of drug-likeness (QED) is 0.833. The fraction of sp³-hybridized carbons (Fsp3) is 0.632. The van der Waals surface area contributed by atoms with E-state index in [2.05, 4.69) is 36.3 Å². The van der Waals surface area contributed by atoms with Crippen molar-refractivity contribution in [1.82, 2.24) is 15.1 Å². The van der Waals surface area contributed by atoms with E-state index in [1.54, 1.807) is 4.90 Å². The van der Waals surface area contributed by atoms with Crippen LogP contribution >= 0.6 is 0 Å². The first kappa shape index (κ1) is 17.8. The highest BCUT2D eigenvalue weighted by molar-refractivity contribution is 5.74. The molecule has 1 saturated carbocycles. The molecule has 23 heavy (non-hydrogen) atoms. The maximum atomic E-state index is 12.4. The molecular formula is C19H31N3O. The van der Waals surface area contributed by atoms with E-state index in [1.807, 2.05) is 25.2 Å². The van der Waals surface area contributed by atoms with Crippen LogP contribution in [0.25, 0.3) is 0 Å². The molecule has 2 amide bonds. The molecule has 1 fully saturated rings. The van der Waals surface area contributed by atoms with Crippen LogP contribution in [0.1, 0.15) is 50.6 Å². The number of hydrogen-bond acceptors (Lipinski definition) is 2. The number of carbonyl (C=O) groups excluding carboxylic acids is 1. The van der Waals surface area contributed by atoms with Crippen molar-refractivity contribution < 1.29 is 4.79 Å². The maximum absolute atomic E-state index is 12.4. The highest BCUT2D eigenvalue weighted by atomic mass is 16.2. The largest absolute Gasteiger partial charge is 0.331 e.